The van der Waals surface area contributed by atoms with Gasteiger partial charge in [0.15, 0.2) is 0 Å². The Morgan fingerprint density at radius 2 is 1.80 bits per heavy atom. The lowest BCUT2D eigenvalue weighted by Gasteiger charge is -2.18. The third-order valence-corrected chi connectivity index (χ3v) is 1.93. The molecule has 0 heterocycles. The standard InChI is InChI=1S/C14H14N2O4/c1-14(2,3)19-13(18)11(9-15)16-20-12(17)10-7-5-4-6-8-10/h4-8H,1-3H3/b16-11+. The average molecular weight is 274 g/mol. The average Bonchev–Trinajstić information content (AvgIpc) is 2.38. The van der Waals surface area contributed by atoms with Crippen molar-refractivity contribution in [1.29, 1.82) is 5.26 Å². The van der Waals surface area contributed by atoms with Crippen LogP contribution in [0.25, 0.3) is 0 Å². The number of oxime groups is 1. The Balaban J connectivity index is 2.75. The van der Waals surface area contributed by atoms with Gasteiger partial charge in [0.2, 0.25) is 0 Å². The van der Waals surface area contributed by atoms with Crippen LogP contribution in [0.5, 0.6) is 0 Å². The minimum atomic E-state index is -0.944. The maximum absolute atomic E-state index is 11.6. The van der Waals surface area contributed by atoms with Crippen LogP contribution in [-0.2, 0) is 14.4 Å². The van der Waals surface area contributed by atoms with Crippen molar-refractivity contribution >= 4 is 17.7 Å². The first-order chi connectivity index (χ1) is 9.33. The van der Waals surface area contributed by atoms with E-state index < -0.39 is 23.3 Å². The topological polar surface area (TPSA) is 88.8 Å². The molecule has 0 saturated heterocycles. The SMILES string of the molecule is CC(C)(C)OC(=O)/C(C#N)=N/OC(=O)c1ccccc1. The number of rotatable bonds is 3. The lowest BCUT2D eigenvalue weighted by atomic mass is 10.2. The van der Waals surface area contributed by atoms with E-state index in [9.17, 15) is 9.59 Å². The van der Waals surface area contributed by atoms with Gasteiger partial charge in [-0.25, -0.2) is 9.59 Å². The number of hydrogen-bond acceptors (Lipinski definition) is 6. The maximum Gasteiger partial charge on any atom is 0.372 e. The molecule has 0 aliphatic carbocycles. The molecule has 0 aliphatic rings. The van der Waals surface area contributed by atoms with E-state index in [-0.39, 0.29) is 5.56 Å². The quantitative estimate of drug-likeness (QED) is 0.364. The summed E-state index contributed by atoms with van der Waals surface area (Å²) in [6, 6.07) is 9.62. The maximum atomic E-state index is 11.6. The fraction of sp³-hybridized carbons (Fsp3) is 0.286. The van der Waals surface area contributed by atoms with Gasteiger partial charge in [-0.2, -0.15) is 5.26 Å². The number of ether oxygens (including phenoxy) is 1. The summed E-state index contributed by atoms with van der Waals surface area (Å²) in [4.78, 5) is 27.7. The van der Waals surface area contributed by atoms with Crippen molar-refractivity contribution < 1.29 is 19.2 Å². The first-order valence-electron chi connectivity index (χ1n) is 5.81. The van der Waals surface area contributed by atoms with Crippen LogP contribution in [-0.4, -0.2) is 23.3 Å². The molecular weight excluding hydrogens is 260 g/mol. The van der Waals surface area contributed by atoms with Gasteiger partial charge in [-0.15, -0.1) is 0 Å². The summed E-state index contributed by atoms with van der Waals surface area (Å²) >= 11 is 0. The zero-order valence-corrected chi connectivity index (χ0v) is 11.4. The molecule has 0 N–H and O–H groups in total. The molecule has 0 amide bonds. The van der Waals surface area contributed by atoms with Crippen molar-refractivity contribution in [2.24, 2.45) is 5.16 Å². The molecule has 0 unspecified atom stereocenters. The van der Waals surface area contributed by atoms with Gasteiger partial charge in [0.1, 0.15) is 11.7 Å². The highest BCUT2D eigenvalue weighted by atomic mass is 16.7. The van der Waals surface area contributed by atoms with Crippen molar-refractivity contribution in [1.82, 2.24) is 0 Å². The van der Waals surface area contributed by atoms with E-state index >= 15 is 0 Å². The van der Waals surface area contributed by atoms with E-state index in [1.807, 2.05) is 0 Å². The van der Waals surface area contributed by atoms with Crippen LogP contribution in [0.3, 0.4) is 0 Å². The smallest absolute Gasteiger partial charge is 0.372 e. The van der Waals surface area contributed by atoms with Crippen molar-refractivity contribution in [3.05, 3.63) is 35.9 Å². The van der Waals surface area contributed by atoms with E-state index in [1.54, 1.807) is 39.0 Å². The van der Waals surface area contributed by atoms with Gasteiger partial charge >= 0.3 is 11.9 Å². The molecule has 0 radical (unpaired) electrons. The number of carbonyl (C=O) groups excluding carboxylic acids is 2. The van der Waals surface area contributed by atoms with Gasteiger partial charge in [-0.05, 0) is 32.9 Å². The van der Waals surface area contributed by atoms with E-state index in [4.69, 9.17) is 10.00 Å². The summed E-state index contributed by atoms with van der Waals surface area (Å²) in [5, 5.41) is 12.0. The van der Waals surface area contributed by atoms with Crippen molar-refractivity contribution in [3.63, 3.8) is 0 Å². The van der Waals surface area contributed by atoms with E-state index in [2.05, 4.69) is 9.99 Å². The Morgan fingerprint density at radius 3 is 2.30 bits per heavy atom. The molecule has 6 heteroatoms. The summed E-state index contributed by atoms with van der Waals surface area (Å²) in [5.74, 6) is -1.71. The molecule has 0 saturated carbocycles. The van der Waals surface area contributed by atoms with Crippen LogP contribution < -0.4 is 0 Å². The second-order valence-electron chi connectivity index (χ2n) is 4.80. The van der Waals surface area contributed by atoms with Gasteiger partial charge < -0.3 is 9.57 Å². The van der Waals surface area contributed by atoms with E-state index in [0.29, 0.717) is 0 Å². The number of carbonyl (C=O) groups is 2. The molecule has 0 aliphatic heterocycles. The highest BCUT2D eigenvalue weighted by Crippen LogP contribution is 2.08. The lowest BCUT2D eigenvalue weighted by Crippen LogP contribution is -2.28. The predicted molar refractivity (Wildman–Crippen MR) is 70.8 cm³/mol. The third-order valence-electron chi connectivity index (χ3n) is 1.93. The fourth-order valence-corrected chi connectivity index (χ4v) is 1.14. The summed E-state index contributed by atoms with van der Waals surface area (Å²) in [6.07, 6.45) is 0. The molecule has 0 bridgehead atoms. The second-order valence-corrected chi connectivity index (χ2v) is 4.80. The lowest BCUT2D eigenvalue weighted by molar-refractivity contribution is -0.146. The molecule has 1 aromatic rings. The highest BCUT2D eigenvalue weighted by Gasteiger charge is 2.22. The minimum absolute atomic E-state index is 0.262. The Bertz CT molecular complexity index is 565. The van der Waals surface area contributed by atoms with Crippen molar-refractivity contribution in [2.45, 2.75) is 26.4 Å². The minimum Gasteiger partial charge on any atom is -0.455 e. The predicted octanol–water partition coefficient (Wildman–Crippen LogP) is 2.06. The Hall–Kier alpha value is -2.68. The summed E-state index contributed by atoms with van der Waals surface area (Å²) in [5.41, 5.74) is -1.13. The molecule has 0 atom stereocenters. The third kappa shape index (κ3) is 4.90. The molecule has 1 rings (SSSR count). The van der Waals surface area contributed by atoms with Crippen LogP contribution in [0.1, 0.15) is 31.1 Å². The van der Waals surface area contributed by atoms with Crippen LogP contribution in [0, 0.1) is 11.3 Å². The number of benzene rings is 1. The van der Waals surface area contributed by atoms with Gasteiger partial charge in [0.25, 0.3) is 5.71 Å². The van der Waals surface area contributed by atoms with Crippen LogP contribution in [0.2, 0.25) is 0 Å². The molecule has 0 fully saturated rings. The zero-order chi connectivity index (χ0) is 15.2. The molecule has 0 spiro atoms. The molecule has 6 nitrogen and oxygen atoms in total. The normalized spacial score (nSPS) is 11.4. The van der Waals surface area contributed by atoms with Crippen molar-refractivity contribution in [2.75, 3.05) is 0 Å². The summed E-state index contributed by atoms with van der Waals surface area (Å²) < 4.78 is 4.95. The second kappa shape index (κ2) is 6.48. The van der Waals surface area contributed by atoms with Crippen LogP contribution >= 0.6 is 0 Å². The fourth-order valence-electron chi connectivity index (χ4n) is 1.14. The number of nitriles is 1. The number of hydrogen-bond donors (Lipinski definition) is 0. The Labute approximate surface area is 116 Å². The summed E-state index contributed by atoms with van der Waals surface area (Å²) in [6.45, 7) is 4.95. The number of esters is 1. The van der Waals surface area contributed by atoms with Crippen molar-refractivity contribution in [3.8, 4) is 6.07 Å². The highest BCUT2D eigenvalue weighted by molar-refractivity contribution is 6.43. The Kier molecular flexibility index (Phi) is 4.98. The van der Waals surface area contributed by atoms with Gasteiger partial charge in [-0.1, -0.05) is 23.4 Å². The molecule has 20 heavy (non-hydrogen) atoms. The van der Waals surface area contributed by atoms with E-state index in [1.165, 1.54) is 18.2 Å². The van der Waals surface area contributed by atoms with E-state index in [0.717, 1.165) is 0 Å². The first kappa shape index (κ1) is 15.4. The largest absolute Gasteiger partial charge is 0.455 e. The first-order valence-corrected chi connectivity index (χ1v) is 5.81. The summed E-state index contributed by atoms with van der Waals surface area (Å²) in [7, 11) is 0. The molecule has 104 valence electrons. The number of nitrogens with zero attached hydrogens (tertiary/aromatic N) is 2. The Morgan fingerprint density at radius 1 is 1.20 bits per heavy atom. The monoisotopic (exact) mass is 274 g/mol. The van der Waals surface area contributed by atoms with Gasteiger partial charge in [-0.3, -0.25) is 0 Å². The molecule has 1 aromatic carbocycles. The van der Waals surface area contributed by atoms with Crippen LogP contribution in [0.15, 0.2) is 35.5 Å². The van der Waals surface area contributed by atoms with Gasteiger partial charge in [0.05, 0.1) is 5.56 Å². The van der Waals surface area contributed by atoms with Gasteiger partial charge in [0, 0.05) is 0 Å². The van der Waals surface area contributed by atoms with Crippen LogP contribution in [0.4, 0.5) is 0 Å². The molecule has 0 aromatic heterocycles. The molecular formula is C14H14N2O4. The zero-order valence-electron chi connectivity index (χ0n) is 11.4.